The van der Waals surface area contributed by atoms with Crippen LogP contribution >= 0.6 is 46.4 Å². The summed E-state index contributed by atoms with van der Waals surface area (Å²) in [4.78, 5) is 9.11. The maximum Gasteiger partial charge on any atom is 0.170 e. The summed E-state index contributed by atoms with van der Waals surface area (Å²) in [6.45, 7) is 54.0. The molecule has 10 heteroatoms. The van der Waals surface area contributed by atoms with Gasteiger partial charge in [-0.3, -0.25) is 0 Å². The highest BCUT2D eigenvalue weighted by Gasteiger charge is 2.71. The first kappa shape index (κ1) is 44.8. The molecule has 0 saturated heterocycles. The van der Waals surface area contributed by atoms with Crippen molar-refractivity contribution in [3.05, 3.63) is 0 Å². The third-order valence-electron chi connectivity index (χ3n) is 8.38. The number of hydrogen-bond donors (Lipinski definition) is 2. The molecule has 254 valence electrons. The molecule has 0 heterocycles. The Labute approximate surface area is 285 Å². The standard InChI is InChI=1S/C32H74N2P4S4/c1-25(2,3)35(39,26(4,5)6)33-37(29(13,14)15,30(16,17)18)41-42-38(31(19,20)21,32(22,23)24)34-36(40,27(7,8)9)28(10,11)12/h1-24H3,(H,33,39)(H,34,40)/q+2. The second-order valence-corrected chi connectivity index (χ2v) is 47.8. The molecular weight excluding hydrogens is 665 g/mol. The third kappa shape index (κ3) is 8.49. The van der Waals surface area contributed by atoms with Crippen LogP contribution in [0.25, 0.3) is 0 Å². The molecule has 0 aliphatic carbocycles. The van der Waals surface area contributed by atoms with Crippen LogP contribution in [0.1, 0.15) is 166 Å². The molecule has 0 amide bonds. The second kappa shape index (κ2) is 12.9. The van der Waals surface area contributed by atoms with E-state index >= 15 is 0 Å². The molecule has 0 atom stereocenters. The van der Waals surface area contributed by atoms with Crippen molar-refractivity contribution in [3.63, 3.8) is 0 Å². The van der Waals surface area contributed by atoms with E-state index in [1.807, 2.05) is 0 Å². The summed E-state index contributed by atoms with van der Waals surface area (Å²) in [5.74, 6) is 0. The van der Waals surface area contributed by atoms with E-state index in [0.29, 0.717) is 0 Å². The van der Waals surface area contributed by atoms with Crippen LogP contribution in [0, 0.1) is 0 Å². The lowest BCUT2D eigenvalue weighted by atomic mass is 10.2. The minimum absolute atomic E-state index is 0.00807. The molecule has 2 N–H and O–H groups in total. The first-order valence-electron chi connectivity index (χ1n) is 15.6. The minimum atomic E-state index is -2.08. The summed E-state index contributed by atoms with van der Waals surface area (Å²) in [5.41, 5.74) is 0. The van der Waals surface area contributed by atoms with Gasteiger partial charge in [-0.25, -0.2) is 0 Å². The van der Waals surface area contributed by atoms with Crippen molar-refractivity contribution in [2.24, 2.45) is 0 Å². The molecule has 0 saturated carbocycles. The first-order valence-corrected chi connectivity index (χ1v) is 28.1. The summed E-state index contributed by atoms with van der Waals surface area (Å²) in [6, 6.07) is 0. The van der Waals surface area contributed by atoms with Crippen LogP contribution in [0.4, 0.5) is 0 Å². The molecule has 0 bridgehead atoms. The molecular formula is C32H74N2P4S4+2. The van der Waals surface area contributed by atoms with E-state index in [0.717, 1.165) is 0 Å². The van der Waals surface area contributed by atoms with E-state index < -0.39 is 25.6 Å². The predicted molar refractivity (Wildman–Crippen MR) is 222 cm³/mol. The fraction of sp³-hybridized carbons (Fsp3) is 1.00. The van der Waals surface area contributed by atoms with Crippen molar-refractivity contribution < 1.29 is 0 Å². The van der Waals surface area contributed by atoms with Crippen molar-refractivity contribution in [1.82, 2.24) is 9.72 Å². The van der Waals surface area contributed by atoms with Crippen molar-refractivity contribution in [2.75, 3.05) is 0 Å². The molecule has 0 aromatic rings. The van der Waals surface area contributed by atoms with Gasteiger partial charge in [-0.05, 0) is 83.1 Å². The maximum absolute atomic E-state index is 6.89. The molecule has 0 aliphatic heterocycles. The summed E-state index contributed by atoms with van der Waals surface area (Å²) in [7, 11) is 4.40. The predicted octanol–water partition coefficient (Wildman–Crippen LogP) is 14.4. The average molecular weight is 739 g/mol. The molecule has 0 rings (SSSR count). The summed E-state index contributed by atoms with van der Waals surface area (Å²) >= 11 is 13.8. The Balaban J connectivity index is 7.92. The van der Waals surface area contributed by atoms with Gasteiger partial charge >= 0.3 is 0 Å². The van der Waals surface area contributed by atoms with Crippen LogP contribution in [0.2, 0.25) is 0 Å². The van der Waals surface area contributed by atoms with Gasteiger partial charge in [0, 0.05) is 20.6 Å². The van der Waals surface area contributed by atoms with Crippen LogP contribution in [0.5, 0.6) is 0 Å². The van der Waals surface area contributed by atoms with Gasteiger partial charge < -0.3 is 0 Å². The Morgan fingerprint density at radius 2 is 0.500 bits per heavy atom. The van der Waals surface area contributed by atoms with Crippen LogP contribution in [-0.2, 0) is 23.6 Å². The molecule has 0 spiro atoms. The Morgan fingerprint density at radius 1 is 0.357 bits per heavy atom. The fourth-order valence-corrected chi connectivity index (χ4v) is 54.7. The maximum atomic E-state index is 6.89. The van der Waals surface area contributed by atoms with E-state index in [1.54, 1.807) is 0 Å². The fourth-order valence-electron chi connectivity index (χ4n) is 6.20. The lowest BCUT2D eigenvalue weighted by Gasteiger charge is -2.55. The van der Waals surface area contributed by atoms with Crippen LogP contribution in [-0.4, -0.2) is 41.2 Å². The molecule has 0 aromatic carbocycles. The van der Waals surface area contributed by atoms with Crippen LogP contribution in [0.15, 0.2) is 0 Å². The average Bonchev–Trinajstić information content (AvgIpc) is 2.61. The van der Waals surface area contributed by atoms with E-state index in [9.17, 15) is 0 Å². The number of rotatable bonds is 7. The van der Waals surface area contributed by atoms with Gasteiger partial charge in [0.15, 0.2) is 34.1 Å². The highest BCUT2D eigenvalue weighted by atomic mass is 33.5. The van der Waals surface area contributed by atoms with Crippen molar-refractivity contribution in [2.45, 2.75) is 207 Å². The molecule has 2 nitrogen and oxygen atoms in total. The highest BCUT2D eigenvalue weighted by Crippen LogP contribution is 2.98. The van der Waals surface area contributed by atoms with E-state index in [4.69, 9.17) is 23.6 Å². The summed E-state index contributed by atoms with van der Waals surface area (Å²) in [5, 5.41) is 0.0914. The molecule has 0 aromatic heterocycles. The Bertz CT molecular complexity index is 882. The zero-order chi connectivity index (χ0) is 34.8. The normalized spacial score (nSPS) is 16.7. The first-order chi connectivity index (χ1) is 17.6. The second-order valence-electron chi connectivity index (χ2n) is 20.2. The molecule has 0 unspecified atom stereocenters. The summed E-state index contributed by atoms with van der Waals surface area (Å²) in [6.07, 6.45) is -4.16. The lowest BCUT2D eigenvalue weighted by Crippen LogP contribution is -2.46. The van der Waals surface area contributed by atoms with Gasteiger partial charge in [0.2, 0.25) is 0 Å². The molecule has 0 radical (unpaired) electrons. The highest BCUT2D eigenvalue weighted by molar-refractivity contribution is 9.17. The largest absolute Gasteiger partial charge is 0.170 e. The molecule has 0 aliphatic rings. The van der Waals surface area contributed by atoms with Gasteiger partial charge in [0.1, 0.15) is 0 Å². The number of hydrogen-bond acceptors (Lipinski definition) is 4. The van der Waals surface area contributed by atoms with Crippen molar-refractivity contribution in [3.8, 4) is 0 Å². The van der Waals surface area contributed by atoms with Gasteiger partial charge in [0.25, 0.3) is 0 Å². The third-order valence-corrected chi connectivity index (χ3v) is 52.6. The van der Waals surface area contributed by atoms with Gasteiger partial charge in [-0.2, -0.15) is 9.72 Å². The monoisotopic (exact) mass is 738 g/mol. The topological polar surface area (TPSA) is 24.1 Å². The van der Waals surface area contributed by atoms with E-state index in [1.165, 1.54) is 0 Å². The SMILES string of the molecule is CC(C)(C)P(=S)(N[P+](SS[P+](NP(=S)(C(C)(C)C)C(C)(C)C)(C(C)(C)C)C(C)(C)C)(C(C)(C)C)C(C)(C)C)C(C)(C)C. The van der Waals surface area contributed by atoms with E-state index in [2.05, 4.69) is 197 Å². The Kier molecular flexibility index (Phi) is 13.8. The quantitative estimate of drug-likeness (QED) is 0.199. The van der Waals surface area contributed by atoms with Crippen molar-refractivity contribution in [1.29, 1.82) is 0 Å². The van der Waals surface area contributed by atoms with Gasteiger partial charge in [-0.15, -0.1) is 0 Å². The van der Waals surface area contributed by atoms with Crippen LogP contribution in [0.3, 0.4) is 0 Å². The Morgan fingerprint density at radius 3 is 0.595 bits per heavy atom. The van der Waals surface area contributed by atoms with Gasteiger partial charge in [-0.1, -0.05) is 107 Å². The smallest absolute Gasteiger partial charge is 0.150 e. The molecule has 42 heavy (non-hydrogen) atoms. The van der Waals surface area contributed by atoms with Gasteiger partial charge in [0.05, 0.1) is 33.0 Å². The van der Waals surface area contributed by atoms with E-state index in [-0.39, 0.29) is 41.2 Å². The van der Waals surface area contributed by atoms with Crippen molar-refractivity contribution >= 4 is 70.0 Å². The minimum Gasteiger partial charge on any atom is -0.150 e. The molecule has 0 fully saturated rings. The zero-order valence-electron chi connectivity index (χ0n) is 32.4. The zero-order valence-corrected chi connectivity index (χ0v) is 39.3. The Hall–Kier alpha value is 2.78. The van der Waals surface area contributed by atoms with Crippen LogP contribution < -0.4 is 9.72 Å². The lowest BCUT2D eigenvalue weighted by molar-refractivity contribution is 0.675. The summed E-state index contributed by atoms with van der Waals surface area (Å²) < 4.78 is 0. The number of nitrogens with one attached hydrogen (secondary N) is 2.